The Morgan fingerprint density at radius 1 is 1.03 bits per heavy atom. The van der Waals surface area contributed by atoms with Crippen LogP contribution in [0, 0.1) is 0 Å². The van der Waals surface area contributed by atoms with Crippen LogP contribution in [0.5, 0.6) is 11.5 Å². The van der Waals surface area contributed by atoms with E-state index in [-0.39, 0.29) is 17.9 Å². The number of aromatic amines is 1. The van der Waals surface area contributed by atoms with Crippen LogP contribution in [0.1, 0.15) is 49.4 Å². The van der Waals surface area contributed by atoms with Gasteiger partial charge in [-0.25, -0.2) is 0 Å². The van der Waals surface area contributed by atoms with Gasteiger partial charge in [-0.2, -0.15) is 13.2 Å². The lowest BCUT2D eigenvalue weighted by Gasteiger charge is -2.19. The molecular weight excluding hydrogens is 421 g/mol. The molecule has 1 aromatic heterocycles. The highest BCUT2D eigenvalue weighted by atomic mass is 19.4. The Kier molecular flexibility index (Phi) is 3.79. The normalized spacial score (nSPS) is 19.8. The van der Waals surface area contributed by atoms with Crippen molar-refractivity contribution in [1.29, 1.82) is 0 Å². The number of H-pyrrole nitrogens is 1. The first kappa shape index (κ1) is 19.5. The van der Waals surface area contributed by atoms with E-state index in [4.69, 9.17) is 9.47 Å². The van der Waals surface area contributed by atoms with Gasteiger partial charge in [-0.1, -0.05) is 13.0 Å². The molecule has 0 unspecified atom stereocenters. The molecule has 1 aliphatic heterocycles. The highest BCUT2D eigenvalue weighted by Crippen LogP contribution is 2.52. The molecule has 3 aliphatic rings. The van der Waals surface area contributed by atoms with Crippen molar-refractivity contribution in [3.8, 4) is 11.5 Å². The molecule has 1 amide bonds. The molecule has 5 nitrogen and oxygen atoms in total. The molecule has 2 saturated carbocycles. The third kappa shape index (κ3) is 2.96. The topological polar surface area (TPSA) is 63.4 Å². The van der Waals surface area contributed by atoms with E-state index < -0.39 is 23.1 Å². The fourth-order valence-corrected chi connectivity index (χ4v) is 4.51. The van der Waals surface area contributed by atoms with Crippen LogP contribution in [0.15, 0.2) is 36.4 Å². The Balaban J connectivity index is 1.36. The highest BCUT2D eigenvalue weighted by Gasteiger charge is 2.52. The number of hydrogen-bond donors (Lipinski definition) is 2. The number of rotatable bonds is 4. The number of halogens is 3. The summed E-state index contributed by atoms with van der Waals surface area (Å²) < 4.78 is 52.3. The Bertz CT molecular complexity index is 1270. The zero-order chi connectivity index (χ0) is 22.3. The van der Waals surface area contributed by atoms with Gasteiger partial charge in [-0.3, -0.25) is 4.79 Å². The largest absolute Gasteiger partial charge is 0.454 e. The highest BCUT2D eigenvalue weighted by molar-refractivity contribution is 6.03. The van der Waals surface area contributed by atoms with Crippen molar-refractivity contribution < 1.29 is 27.4 Å². The monoisotopic (exact) mass is 442 g/mol. The van der Waals surface area contributed by atoms with Gasteiger partial charge in [0.2, 0.25) is 12.7 Å². The third-order valence-corrected chi connectivity index (χ3v) is 7.07. The second-order valence-corrected chi connectivity index (χ2v) is 9.33. The van der Waals surface area contributed by atoms with Crippen molar-refractivity contribution in [2.75, 3.05) is 12.1 Å². The molecule has 2 aromatic carbocycles. The van der Waals surface area contributed by atoms with Gasteiger partial charge in [0.15, 0.2) is 11.5 Å². The van der Waals surface area contributed by atoms with Gasteiger partial charge in [0, 0.05) is 22.0 Å². The van der Waals surface area contributed by atoms with Gasteiger partial charge in [-0.05, 0) is 61.6 Å². The van der Waals surface area contributed by atoms with Gasteiger partial charge < -0.3 is 19.8 Å². The first-order valence-corrected chi connectivity index (χ1v) is 10.6. The first-order valence-electron chi connectivity index (χ1n) is 10.6. The first-order chi connectivity index (χ1) is 15.2. The summed E-state index contributed by atoms with van der Waals surface area (Å²) in [6.45, 7) is 2.21. The minimum atomic E-state index is -4.60. The van der Waals surface area contributed by atoms with Crippen LogP contribution in [0.2, 0.25) is 0 Å². The molecule has 6 rings (SSSR count). The summed E-state index contributed by atoms with van der Waals surface area (Å²) in [6.07, 6.45) is -1.45. The number of anilines is 1. The second-order valence-electron chi connectivity index (χ2n) is 9.33. The minimum Gasteiger partial charge on any atom is -0.454 e. The zero-order valence-electron chi connectivity index (χ0n) is 17.4. The number of aromatic nitrogens is 1. The standard InChI is InChI=1S/C24H21F3N2O3/c1-22(4-5-22)20-9-13-8-17(15(24(25,26)27)11-16(13)28-20)29-21(30)23(6-7-23)14-2-3-18-19(10-14)32-12-31-18/h2-3,8-11,28H,4-7,12H2,1H3,(H,29,30). The number of alkyl halides is 3. The maximum absolute atomic E-state index is 13.9. The molecule has 3 aromatic rings. The third-order valence-electron chi connectivity index (χ3n) is 7.07. The molecule has 166 valence electrons. The number of hydrogen-bond acceptors (Lipinski definition) is 3. The predicted molar refractivity (Wildman–Crippen MR) is 112 cm³/mol. The molecule has 0 bridgehead atoms. The molecule has 0 atom stereocenters. The van der Waals surface area contributed by atoms with Gasteiger partial charge in [0.25, 0.3) is 0 Å². The van der Waals surface area contributed by atoms with E-state index in [1.54, 1.807) is 18.2 Å². The molecule has 0 saturated heterocycles. The summed E-state index contributed by atoms with van der Waals surface area (Å²) in [7, 11) is 0. The number of amides is 1. The van der Waals surface area contributed by atoms with Crippen molar-refractivity contribution in [2.45, 2.75) is 49.6 Å². The van der Waals surface area contributed by atoms with Crippen molar-refractivity contribution >= 4 is 22.5 Å². The lowest BCUT2D eigenvalue weighted by molar-refractivity contribution is -0.136. The molecule has 0 radical (unpaired) electrons. The zero-order valence-corrected chi connectivity index (χ0v) is 17.4. The van der Waals surface area contributed by atoms with E-state index >= 15 is 0 Å². The average Bonchev–Trinajstić information content (AvgIpc) is 3.60. The number of ether oxygens (including phenoxy) is 2. The van der Waals surface area contributed by atoms with Crippen LogP contribution in [0.3, 0.4) is 0 Å². The Labute approximate surface area is 181 Å². The van der Waals surface area contributed by atoms with Crippen LogP contribution < -0.4 is 14.8 Å². The van der Waals surface area contributed by atoms with E-state index in [1.165, 1.54) is 6.07 Å². The smallest absolute Gasteiger partial charge is 0.418 e. The molecular formula is C24H21F3N2O3. The fourth-order valence-electron chi connectivity index (χ4n) is 4.51. The summed E-state index contributed by atoms with van der Waals surface area (Å²) in [6, 6.07) is 9.68. The SMILES string of the molecule is CC1(c2cc3cc(NC(=O)C4(c5ccc6c(c5)OCO6)CC4)c(C(F)(F)F)cc3[nH]2)CC1. The Morgan fingerprint density at radius 2 is 1.78 bits per heavy atom. The lowest BCUT2D eigenvalue weighted by Crippen LogP contribution is -2.29. The predicted octanol–water partition coefficient (Wildman–Crippen LogP) is 5.64. The van der Waals surface area contributed by atoms with E-state index in [9.17, 15) is 18.0 Å². The van der Waals surface area contributed by atoms with Crippen molar-refractivity contribution in [3.05, 3.63) is 53.2 Å². The van der Waals surface area contributed by atoms with Crippen molar-refractivity contribution in [2.24, 2.45) is 0 Å². The van der Waals surface area contributed by atoms with Gasteiger partial charge in [0.1, 0.15) is 0 Å². The summed E-state index contributed by atoms with van der Waals surface area (Å²) in [5.74, 6) is 0.709. The van der Waals surface area contributed by atoms with Crippen LogP contribution >= 0.6 is 0 Å². The van der Waals surface area contributed by atoms with Crippen LogP contribution in [0.4, 0.5) is 18.9 Å². The Hall–Kier alpha value is -3.16. The van der Waals surface area contributed by atoms with Crippen LogP contribution in [0.25, 0.3) is 10.9 Å². The molecule has 8 heteroatoms. The lowest BCUT2D eigenvalue weighted by atomic mass is 9.94. The summed E-state index contributed by atoms with van der Waals surface area (Å²) >= 11 is 0. The number of fused-ring (bicyclic) bond motifs is 2. The number of benzene rings is 2. The van der Waals surface area contributed by atoms with E-state index in [1.807, 2.05) is 6.07 Å². The van der Waals surface area contributed by atoms with E-state index in [0.717, 1.165) is 30.2 Å². The number of carbonyl (C=O) groups excluding carboxylic acids is 1. The van der Waals surface area contributed by atoms with Gasteiger partial charge in [-0.15, -0.1) is 0 Å². The summed E-state index contributed by atoms with van der Waals surface area (Å²) in [5, 5.41) is 3.25. The van der Waals surface area contributed by atoms with E-state index in [2.05, 4.69) is 17.2 Å². The Morgan fingerprint density at radius 3 is 2.47 bits per heavy atom. The van der Waals surface area contributed by atoms with Crippen molar-refractivity contribution in [1.82, 2.24) is 4.98 Å². The quantitative estimate of drug-likeness (QED) is 0.550. The second kappa shape index (κ2) is 6.21. The van der Waals surface area contributed by atoms with Crippen molar-refractivity contribution in [3.63, 3.8) is 0 Å². The van der Waals surface area contributed by atoms with Crippen LogP contribution in [-0.2, 0) is 21.8 Å². The summed E-state index contributed by atoms with van der Waals surface area (Å²) in [4.78, 5) is 16.4. The number of nitrogens with one attached hydrogen (secondary N) is 2. The maximum atomic E-state index is 13.9. The van der Waals surface area contributed by atoms with Gasteiger partial charge in [0.05, 0.1) is 16.7 Å². The fraction of sp³-hybridized carbons (Fsp3) is 0.375. The molecule has 2 N–H and O–H groups in total. The van der Waals surface area contributed by atoms with E-state index in [0.29, 0.717) is 35.2 Å². The maximum Gasteiger partial charge on any atom is 0.418 e. The van der Waals surface area contributed by atoms with Gasteiger partial charge >= 0.3 is 6.18 Å². The van der Waals surface area contributed by atoms with Crippen LogP contribution in [-0.4, -0.2) is 17.7 Å². The molecule has 0 spiro atoms. The molecule has 2 heterocycles. The number of carbonyl (C=O) groups is 1. The molecule has 2 fully saturated rings. The molecule has 2 aliphatic carbocycles. The summed E-state index contributed by atoms with van der Waals surface area (Å²) in [5.41, 5.74) is 0.155. The average molecular weight is 442 g/mol. The minimum absolute atomic E-state index is 0.00173. The molecule has 32 heavy (non-hydrogen) atoms.